The molecule has 0 unspecified atom stereocenters. The highest BCUT2D eigenvalue weighted by Crippen LogP contribution is 2.48. The smallest absolute Gasteiger partial charge is 0.260 e. The lowest BCUT2D eigenvalue weighted by Crippen LogP contribution is -2.65. The third kappa shape index (κ3) is 4.10. The average Bonchev–Trinajstić information content (AvgIpc) is 3.19. The van der Waals surface area contributed by atoms with E-state index < -0.39 is 0 Å². The van der Waals surface area contributed by atoms with Crippen molar-refractivity contribution in [2.45, 2.75) is 45.8 Å². The molecule has 0 amide bonds. The van der Waals surface area contributed by atoms with Crippen molar-refractivity contribution in [3.8, 4) is 46.0 Å². The van der Waals surface area contributed by atoms with Gasteiger partial charge in [0, 0.05) is 30.5 Å². The molecule has 0 N–H and O–H groups in total. The Balaban J connectivity index is 1.13. The summed E-state index contributed by atoms with van der Waals surface area (Å²) in [7, 11) is 0. The predicted octanol–water partition coefficient (Wildman–Crippen LogP) is 5.88. The van der Waals surface area contributed by atoms with E-state index in [9.17, 15) is 0 Å². The van der Waals surface area contributed by atoms with Crippen molar-refractivity contribution in [1.82, 2.24) is 0 Å². The number of benzene rings is 7. The Bertz CT molecular complexity index is 2710. The van der Waals surface area contributed by atoms with Crippen LogP contribution >= 0.6 is 23.5 Å². The molecule has 0 radical (unpaired) electrons. The molecule has 6 heterocycles. The maximum Gasteiger partial charge on any atom is 0.260 e. The summed E-state index contributed by atoms with van der Waals surface area (Å²) >= 11 is 3.68. The minimum atomic E-state index is -0.154. The number of fused-ring (bicyclic) bond motifs is 14. The molecule has 9 heteroatoms. The Labute approximate surface area is 328 Å². The summed E-state index contributed by atoms with van der Waals surface area (Å²) in [5, 5.41) is 0. The molecule has 0 aromatic heterocycles. The highest BCUT2D eigenvalue weighted by molar-refractivity contribution is 8.01. The highest BCUT2D eigenvalue weighted by atomic mass is 32.2. The van der Waals surface area contributed by atoms with Gasteiger partial charge in [-0.05, 0) is 97.7 Å². The van der Waals surface area contributed by atoms with Crippen LogP contribution in [0, 0.1) is 0 Å². The van der Waals surface area contributed by atoms with E-state index >= 15 is 0 Å². The Morgan fingerprint density at radius 2 is 0.745 bits per heavy atom. The molecule has 7 aromatic carbocycles. The van der Waals surface area contributed by atoms with Gasteiger partial charge >= 0.3 is 0 Å². The first-order valence-electron chi connectivity index (χ1n) is 18.9. The Kier molecular flexibility index (Phi) is 6.00. The van der Waals surface area contributed by atoms with Crippen LogP contribution in [0.15, 0.2) is 141 Å². The van der Waals surface area contributed by atoms with Crippen LogP contribution in [0.25, 0.3) is 0 Å². The fourth-order valence-electron chi connectivity index (χ4n) is 9.76. The zero-order chi connectivity index (χ0) is 36.3. The van der Waals surface area contributed by atoms with Crippen LogP contribution in [0.2, 0.25) is 0 Å². The lowest BCUT2D eigenvalue weighted by molar-refractivity contribution is 0.464. The zero-order valence-corrected chi connectivity index (χ0v) is 31.9. The van der Waals surface area contributed by atoms with E-state index in [-0.39, 0.29) is 25.6 Å². The van der Waals surface area contributed by atoms with Gasteiger partial charge in [-0.1, -0.05) is 117 Å². The average molecular weight is 742 g/mol. The molecule has 0 saturated heterocycles. The van der Waals surface area contributed by atoms with Crippen LogP contribution < -0.4 is 68.1 Å². The minimum Gasteiger partial charge on any atom is -0.459 e. The normalized spacial score (nSPS) is 15.1. The first kappa shape index (κ1) is 30.9. The zero-order valence-electron chi connectivity index (χ0n) is 30.2. The van der Waals surface area contributed by atoms with Crippen LogP contribution in [0.1, 0.15) is 26.3 Å². The van der Waals surface area contributed by atoms with Gasteiger partial charge in [0.15, 0.2) is 0 Å². The van der Waals surface area contributed by atoms with Gasteiger partial charge in [0.25, 0.3) is 20.1 Å². The number of ether oxygens (including phenoxy) is 4. The highest BCUT2D eigenvalue weighted by Gasteiger charge is 2.51. The Morgan fingerprint density at radius 1 is 0.382 bits per heavy atom. The maximum absolute atomic E-state index is 7.20. The van der Waals surface area contributed by atoms with Gasteiger partial charge in [-0.25, -0.2) is 0 Å². The fourth-order valence-corrected chi connectivity index (χ4v) is 12.3. The van der Waals surface area contributed by atoms with E-state index in [1.807, 2.05) is 23.5 Å². The van der Waals surface area contributed by atoms with E-state index in [0.717, 1.165) is 88.6 Å². The first-order chi connectivity index (χ1) is 26.9. The standard InChI is InChI=1S/C46H29B3O4S2/c1-46(2,3)24-20-35-41-36(21-24)55-38-23-34-40-45(53-32-19-11-7-15-28(32)48(40)26-13-5-9-17-30(26)51-34)43(38)49(41)42-37(54-35)22-33-39-44(42)52-31-18-10-6-14-27(31)47(39)25-12-4-8-16-29(25)50-33/h4-23H,1-3H3. The largest absolute Gasteiger partial charge is 0.459 e. The molecule has 55 heavy (non-hydrogen) atoms. The van der Waals surface area contributed by atoms with Crippen molar-refractivity contribution in [1.29, 1.82) is 0 Å². The first-order valence-corrected chi connectivity index (χ1v) is 20.5. The lowest BCUT2D eigenvalue weighted by atomic mass is 9.30. The molecule has 0 fully saturated rings. The summed E-state index contributed by atoms with van der Waals surface area (Å²) in [6, 6.07) is 43.4. The van der Waals surface area contributed by atoms with Crippen molar-refractivity contribution in [2.75, 3.05) is 0 Å². The third-order valence-corrected chi connectivity index (χ3v) is 14.4. The van der Waals surface area contributed by atoms with Gasteiger partial charge in [0.1, 0.15) is 46.0 Å². The quantitative estimate of drug-likeness (QED) is 0.181. The van der Waals surface area contributed by atoms with Crippen LogP contribution in [-0.4, -0.2) is 20.1 Å². The molecular formula is C46H29B3O4S2. The number of para-hydroxylation sites is 4. The van der Waals surface area contributed by atoms with Gasteiger partial charge in [-0.3, -0.25) is 0 Å². The van der Waals surface area contributed by atoms with Crippen molar-refractivity contribution >= 4 is 92.8 Å². The van der Waals surface area contributed by atoms with E-state index in [1.54, 1.807) is 0 Å². The molecule has 6 aliphatic heterocycles. The van der Waals surface area contributed by atoms with Gasteiger partial charge in [-0.2, -0.15) is 0 Å². The molecule has 0 atom stereocenters. The number of hydrogen-bond donors (Lipinski definition) is 0. The SMILES string of the molecule is CC(C)(C)c1cc2c3c(c1)Sc1cc4c5c(c1B3c1c(cc3c6c1Oc1ccccc1B6c1ccccc1O3)S2)Oc1ccccc1B5c1ccccc1O4. The number of hydrogen-bond acceptors (Lipinski definition) is 6. The summed E-state index contributed by atoms with van der Waals surface area (Å²) in [4.78, 5) is 4.85. The molecule has 13 rings (SSSR count). The molecule has 258 valence electrons. The topological polar surface area (TPSA) is 36.9 Å². The molecular weight excluding hydrogens is 713 g/mol. The summed E-state index contributed by atoms with van der Waals surface area (Å²) in [6.45, 7) is 6.72. The van der Waals surface area contributed by atoms with E-state index in [4.69, 9.17) is 18.9 Å². The van der Waals surface area contributed by atoms with Crippen molar-refractivity contribution in [3.63, 3.8) is 0 Å². The van der Waals surface area contributed by atoms with Gasteiger partial charge in [-0.15, -0.1) is 0 Å². The Morgan fingerprint density at radius 3 is 1.15 bits per heavy atom. The molecule has 6 aliphatic rings. The molecule has 0 aliphatic carbocycles. The molecule has 7 aromatic rings. The van der Waals surface area contributed by atoms with E-state index in [1.165, 1.54) is 31.7 Å². The second-order valence-electron chi connectivity index (χ2n) is 16.3. The molecule has 4 nitrogen and oxygen atoms in total. The monoisotopic (exact) mass is 742 g/mol. The van der Waals surface area contributed by atoms with E-state index in [0.29, 0.717) is 0 Å². The minimum absolute atomic E-state index is 0.0175. The molecule has 0 spiro atoms. The van der Waals surface area contributed by atoms with Crippen molar-refractivity contribution in [2.24, 2.45) is 0 Å². The van der Waals surface area contributed by atoms with Crippen molar-refractivity contribution < 1.29 is 18.9 Å². The fraction of sp³-hybridized carbons (Fsp3) is 0.0870. The van der Waals surface area contributed by atoms with Crippen molar-refractivity contribution in [3.05, 3.63) is 127 Å². The summed E-state index contributed by atoms with van der Waals surface area (Å²) < 4.78 is 28.0. The van der Waals surface area contributed by atoms with E-state index in [2.05, 4.69) is 142 Å². The summed E-state index contributed by atoms with van der Waals surface area (Å²) in [5.74, 6) is 7.11. The third-order valence-electron chi connectivity index (χ3n) is 12.2. The van der Waals surface area contributed by atoms with Crippen LogP contribution in [0.4, 0.5) is 0 Å². The maximum atomic E-state index is 7.20. The van der Waals surface area contributed by atoms with Crippen LogP contribution in [-0.2, 0) is 5.41 Å². The second-order valence-corrected chi connectivity index (χ2v) is 18.4. The second kappa shape index (κ2) is 10.7. The Hall–Kier alpha value is -5.37. The van der Waals surface area contributed by atoms with Gasteiger partial charge < -0.3 is 18.9 Å². The summed E-state index contributed by atoms with van der Waals surface area (Å²) in [5.41, 5.74) is 11.8. The van der Waals surface area contributed by atoms with Gasteiger partial charge in [0.2, 0.25) is 0 Å². The number of rotatable bonds is 0. The molecule has 0 bridgehead atoms. The van der Waals surface area contributed by atoms with Gasteiger partial charge in [0.05, 0.1) is 0 Å². The lowest BCUT2D eigenvalue weighted by Gasteiger charge is -2.41. The summed E-state index contributed by atoms with van der Waals surface area (Å²) in [6.07, 6.45) is 0. The predicted molar refractivity (Wildman–Crippen MR) is 226 cm³/mol. The van der Waals surface area contributed by atoms with Crippen LogP contribution in [0.5, 0.6) is 46.0 Å². The van der Waals surface area contributed by atoms with Crippen LogP contribution in [0.3, 0.4) is 0 Å². The molecule has 0 saturated carbocycles.